The second-order valence-corrected chi connectivity index (χ2v) is 10.6. The van der Waals surface area contributed by atoms with Gasteiger partial charge in [0.05, 0.1) is 16.6 Å². The summed E-state index contributed by atoms with van der Waals surface area (Å²) in [5, 5.41) is 6.06. The number of hydrogen-bond acceptors (Lipinski definition) is 0. The molecule has 0 saturated carbocycles. The molecule has 0 saturated heterocycles. The average molecular weight is 388 g/mol. The molecule has 28 heavy (non-hydrogen) atoms. The molecule has 3 aromatic carbocycles. The zero-order chi connectivity index (χ0) is 20.0. The van der Waals surface area contributed by atoms with Crippen LogP contribution in [0.5, 0.6) is 0 Å². The Kier molecular flexibility index (Phi) is 3.45. The lowest BCUT2D eigenvalue weighted by Gasteiger charge is -2.20. The van der Waals surface area contributed by atoms with Crippen LogP contribution in [0.3, 0.4) is 0 Å². The van der Waals surface area contributed by atoms with Gasteiger partial charge in [0, 0.05) is 26.6 Å². The molecule has 0 aliphatic rings. The number of fused-ring (bicyclic) bond motifs is 6. The SMILES string of the molecule is CC(C)(C)c1ccc2c(c1)c1cc(C(C)(C)C)cc3c4ccc(Cl)cc4n2c13. The Balaban J connectivity index is 2.07. The molecule has 2 aromatic heterocycles. The van der Waals surface area contributed by atoms with Crippen LogP contribution in [0.1, 0.15) is 52.7 Å². The van der Waals surface area contributed by atoms with Crippen LogP contribution >= 0.6 is 11.6 Å². The van der Waals surface area contributed by atoms with Crippen molar-refractivity contribution in [2.45, 2.75) is 52.4 Å². The van der Waals surface area contributed by atoms with E-state index >= 15 is 0 Å². The van der Waals surface area contributed by atoms with Gasteiger partial charge in [0.15, 0.2) is 0 Å². The van der Waals surface area contributed by atoms with Crippen LogP contribution in [0, 0.1) is 0 Å². The van der Waals surface area contributed by atoms with E-state index in [9.17, 15) is 0 Å². The summed E-state index contributed by atoms with van der Waals surface area (Å²) in [5.74, 6) is 0. The Morgan fingerprint density at radius 2 is 1.21 bits per heavy atom. The maximum absolute atomic E-state index is 6.39. The fourth-order valence-electron chi connectivity index (χ4n) is 4.42. The van der Waals surface area contributed by atoms with E-state index in [4.69, 9.17) is 11.6 Å². The van der Waals surface area contributed by atoms with E-state index in [1.807, 2.05) is 6.07 Å². The van der Waals surface area contributed by atoms with E-state index in [-0.39, 0.29) is 10.8 Å². The third-order valence-corrected chi connectivity index (χ3v) is 6.32. The first-order valence-electron chi connectivity index (χ1n) is 9.99. The summed E-state index contributed by atoms with van der Waals surface area (Å²) in [6.07, 6.45) is 0. The van der Waals surface area contributed by atoms with Crippen molar-refractivity contribution in [3.05, 3.63) is 64.7 Å². The summed E-state index contributed by atoms with van der Waals surface area (Å²) in [6, 6.07) is 18.0. The highest BCUT2D eigenvalue weighted by atomic mass is 35.5. The Bertz CT molecular complexity index is 1370. The molecule has 0 unspecified atom stereocenters. The molecule has 142 valence electrons. The van der Waals surface area contributed by atoms with Gasteiger partial charge in [0.1, 0.15) is 0 Å². The fraction of sp³-hybridized carbons (Fsp3) is 0.308. The van der Waals surface area contributed by atoms with Crippen LogP contribution in [-0.4, -0.2) is 4.40 Å². The maximum atomic E-state index is 6.39. The highest BCUT2D eigenvalue weighted by molar-refractivity contribution is 6.32. The lowest BCUT2D eigenvalue weighted by atomic mass is 9.84. The van der Waals surface area contributed by atoms with Crippen molar-refractivity contribution in [1.29, 1.82) is 0 Å². The first-order chi connectivity index (χ1) is 13.1. The predicted octanol–water partition coefficient (Wildman–Crippen LogP) is 8.09. The molecule has 0 spiro atoms. The van der Waals surface area contributed by atoms with E-state index in [0.29, 0.717) is 0 Å². The monoisotopic (exact) mass is 387 g/mol. The predicted molar refractivity (Wildman–Crippen MR) is 124 cm³/mol. The van der Waals surface area contributed by atoms with Crippen molar-refractivity contribution in [3.63, 3.8) is 0 Å². The quantitative estimate of drug-likeness (QED) is 0.253. The first kappa shape index (κ1) is 17.8. The summed E-state index contributed by atoms with van der Waals surface area (Å²) in [7, 11) is 0. The Morgan fingerprint density at radius 3 is 1.86 bits per heavy atom. The standard InChI is InChI=1S/C26H26ClN/c1-25(2,3)15-7-10-22-19(11-15)21-13-16(26(4,5)6)12-20-18-9-8-17(27)14-23(18)28(22)24(20)21/h7-14H,1-6H3. The summed E-state index contributed by atoms with van der Waals surface area (Å²) < 4.78 is 2.40. The fourth-order valence-corrected chi connectivity index (χ4v) is 4.59. The van der Waals surface area contributed by atoms with Gasteiger partial charge in [-0.1, -0.05) is 65.3 Å². The van der Waals surface area contributed by atoms with Gasteiger partial charge < -0.3 is 4.40 Å². The van der Waals surface area contributed by atoms with Crippen molar-refractivity contribution in [3.8, 4) is 0 Å². The molecule has 0 radical (unpaired) electrons. The number of rotatable bonds is 0. The molecule has 0 atom stereocenters. The van der Waals surface area contributed by atoms with Crippen molar-refractivity contribution in [1.82, 2.24) is 4.40 Å². The van der Waals surface area contributed by atoms with Crippen LogP contribution in [0.4, 0.5) is 0 Å². The molecule has 5 aromatic rings. The molecule has 0 amide bonds. The van der Waals surface area contributed by atoms with Crippen molar-refractivity contribution in [2.24, 2.45) is 0 Å². The molecule has 2 heterocycles. The van der Waals surface area contributed by atoms with Crippen LogP contribution in [0.25, 0.3) is 38.1 Å². The Hall–Kier alpha value is -2.25. The zero-order valence-corrected chi connectivity index (χ0v) is 18.2. The Morgan fingerprint density at radius 1 is 0.607 bits per heavy atom. The number of aromatic nitrogens is 1. The summed E-state index contributed by atoms with van der Waals surface area (Å²) >= 11 is 6.39. The van der Waals surface area contributed by atoms with Gasteiger partial charge in [-0.05, 0) is 58.4 Å². The normalized spacial score (nSPS) is 13.5. The van der Waals surface area contributed by atoms with Gasteiger partial charge in [0.25, 0.3) is 0 Å². The summed E-state index contributed by atoms with van der Waals surface area (Å²) in [5.41, 5.74) is 6.72. The van der Waals surface area contributed by atoms with Crippen molar-refractivity contribution >= 4 is 49.7 Å². The number of benzene rings is 3. The van der Waals surface area contributed by atoms with Gasteiger partial charge in [-0.15, -0.1) is 0 Å². The number of halogens is 1. The maximum Gasteiger partial charge on any atom is 0.0620 e. The minimum atomic E-state index is 0.0932. The molecule has 5 rings (SSSR count). The molecule has 2 heteroatoms. The van der Waals surface area contributed by atoms with E-state index in [1.54, 1.807) is 0 Å². The van der Waals surface area contributed by atoms with Gasteiger partial charge >= 0.3 is 0 Å². The molecule has 0 aliphatic carbocycles. The van der Waals surface area contributed by atoms with Gasteiger partial charge in [-0.2, -0.15) is 0 Å². The molecule has 0 aliphatic heterocycles. The molecule has 0 bridgehead atoms. The number of nitrogens with zero attached hydrogens (tertiary/aromatic N) is 1. The largest absolute Gasteiger partial charge is 0.308 e. The molecule has 1 nitrogen and oxygen atoms in total. The second-order valence-electron chi connectivity index (χ2n) is 10.1. The summed E-state index contributed by atoms with van der Waals surface area (Å²) in [4.78, 5) is 0. The second kappa shape index (κ2) is 5.42. The lowest BCUT2D eigenvalue weighted by Crippen LogP contribution is -2.11. The van der Waals surface area contributed by atoms with Crippen LogP contribution in [-0.2, 0) is 10.8 Å². The molecular formula is C26H26ClN. The van der Waals surface area contributed by atoms with Crippen LogP contribution in [0.2, 0.25) is 5.02 Å². The first-order valence-corrected chi connectivity index (χ1v) is 10.4. The minimum absolute atomic E-state index is 0.0932. The molecular weight excluding hydrogens is 362 g/mol. The van der Waals surface area contributed by atoms with E-state index in [1.165, 1.54) is 49.2 Å². The minimum Gasteiger partial charge on any atom is -0.308 e. The highest BCUT2D eigenvalue weighted by Gasteiger charge is 2.23. The smallest absolute Gasteiger partial charge is 0.0620 e. The van der Waals surface area contributed by atoms with Gasteiger partial charge in [-0.25, -0.2) is 0 Å². The van der Waals surface area contributed by atoms with Crippen molar-refractivity contribution < 1.29 is 0 Å². The average Bonchev–Trinajstić information content (AvgIpc) is 3.10. The topological polar surface area (TPSA) is 4.41 Å². The van der Waals surface area contributed by atoms with Crippen molar-refractivity contribution in [2.75, 3.05) is 0 Å². The third kappa shape index (κ3) is 2.39. The van der Waals surface area contributed by atoms with E-state index in [2.05, 4.69) is 88.4 Å². The lowest BCUT2D eigenvalue weighted by molar-refractivity contribution is 0.590. The number of hydrogen-bond donors (Lipinski definition) is 0. The zero-order valence-electron chi connectivity index (χ0n) is 17.4. The third-order valence-electron chi connectivity index (χ3n) is 6.08. The van der Waals surface area contributed by atoms with E-state index in [0.717, 1.165) is 5.02 Å². The van der Waals surface area contributed by atoms with Gasteiger partial charge in [0.2, 0.25) is 0 Å². The highest BCUT2D eigenvalue weighted by Crippen LogP contribution is 2.43. The Labute approximate surface area is 171 Å². The van der Waals surface area contributed by atoms with E-state index < -0.39 is 0 Å². The van der Waals surface area contributed by atoms with Crippen LogP contribution < -0.4 is 0 Å². The van der Waals surface area contributed by atoms with Gasteiger partial charge in [-0.3, -0.25) is 0 Å². The summed E-state index contributed by atoms with van der Waals surface area (Å²) in [6.45, 7) is 13.7. The molecule has 0 fully saturated rings. The van der Waals surface area contributed by atoms with Crippen LogP contribution in [0.15, 0.2) is 48.5 Å². The molecule has 0 N–H and O–H groups in total.